The summed E-state index contributed by atoms with van der Waals surface area (Å²) in [6.07, 6.45) is 0. The van der Waals surface area contributed by atoms with Crippen molar-refractivity contribution in [3.05, 3.63) is 24.3 Å². The predicted octanol–water partition coefficient (Wildman–Crippen LogP) is 2.15. The molecule has 1 aromatic carbocycles. The van der Waals surface area contributed by atoms with Crippen LogP contribution in [0.2, 0.25) is 0 Å². The number of benzene rings is 1. The monoisotopic (exact) mass is 214 g/mol. The van der Waals surface area contributed by atoms with Crippen molar-refractivity contribution >= 4 is 17.1 Å². The molecule has 0 unspecified atom stereocenters. The minimum absolute atomic E-state index is 0.578. The van der Waals surface area contributed by atoms with E-state index in [1.54, 1.807) is 0 Å². The number of nitrogens with two attached hydrogens (primary N) is 1. The van der Waals surface area contributed by atoms with Crippen LogP contribution in [0.1, 0.15) is 13.8 Å². The lowest BCUT2D eigenvalue weighted by atomic mass is 10.3. The molecule has 0 aliphatic carbocycles. The summed E-state index contributed by atoms with van der Waals surface area (Å²) >= 11 is -0.578. The van der Waals surface area contributed by atoms with Gasteiger partial charge in [-0.1, -0.05) is 6.07 Å². The van der Waals surface area contributed by atoms with Crippen LogP contribution in [0.25, 0.3) is 0 Å². The summed E-state index contributed by atoms with van der Waals surface area (Å²) in [5.41, 5.74) is 6.42. The van der Waals surface area contributed by atoms with E-state index >= 15 is 0 Å². The molecule has 0 amide bonds. The van der Waals surface area contributed by atoms with Crippen LogP contribution in [0.4, 0.5) is 5.69 Å². The van der Waals surface area contributed by atoms with Crippen molar-refractivity contribution in [1.82, 2.24) is 0 Å². The lowest BCUT2D eigenvalue weighted by Crippen LogP contribution is -2.11. The Hall–Kier alpha value is -0.710. The highest BCUT2D eigenvalue weighted by Gasteiger charge is 2.26. The average molecular weight is 214 g/mol. The zero-order valence-corrected chi connectivity index (χ0v) is 9.34. The van der Waals surface area contributed by atoms with Gasteiger partial charge in [0.1, 0.15) is 13.2 Å². The quantitative estimate of drug-likeness (QED) is 0.603. The van der Waals surface area contributed by atoms with E-state index in [2.05, 4.69) is 0 Å². The SMILES string of the molecule is CCO[S+](OCC)c1cccc(N)c1. The van der Waals surface area contributed by atoms with E-state index in [0.717, 1.165) is 10.6 Å². The molecule has 0 radical (unpaired) electrons. The van der Waals surface area contributed by atoms with Crippen LogP contribution < -0.4 is 5.73 Å². The Morgan fingerprint density at radius 2 is 1.86 bits per heavy atom. The van der Waals surface area contributed by atoms with Crippen molar-refractivity contribution in [2.75, 3.05) is 18.9 Å². The molecule has 0 atom stereocenters. The molecule has 1 aromatic rings. The first-order valence-electron chi connectivity index (χ1n) is 4.64. The van der Waals surface area contributed by atoms with Gasteiger partial charge in [0.2, 0.25) is 4.90 Å². The van der Waals surface area contributed by atoms with E-state index in [9.17, 15) is 0 Å². The Morgan fingerprint density at radius 3 is 2.36 bits per heavy atom. The van der Waals surface area contributed by atoms with E-state index in [1.165, 1.54) is 0 Å². The molecule has 78 valence electrons. The van der Waals surface area contributed by atoms with Crippen LogP contribution in [-0.2, 0) is 19.8 Å². The van der Waals surface area contributed by atoms with Crippen molar-refractivity contribution in [3.63, 3.8) is 0 Å². The molecule has 4 heteroatoms. The highest BCUT2D eigenvalue weighted by molar-refractivity contribution is 7.87. The highest BCUT2D eigenvalue weighted by atomic mass is 32.2. The molecule has 0 fully saturated rings. The maximum absolute atomic E-state index is 5.68. The topological polar surface area (TPSA) is 44.5 Å². The van der Waals surface area contributed by atoms with Gasteiger partial charge in [-0.25, -0.2) is 0 Å². The molecule has 0 aromatic heterocycles. The largest absolute Gasteiger partial charge is 0.399 e. The molecule has 2 N–H and O–H groups in total. The minimum atomic E-state index is -0.578. The first kappa shape index (κ1) is 11.4. The predicted molar refractivity (Wildman–Crippen MR) is 59.7 cm³/mol. The number of anilines is 1. The first-order valence-corrected chi connectivity index (χ1v) is 5.71. The van der Waals surface area contributed by atoms with E-state index in [1.807, 2.05) is 38.1 Å². The summed E-state index contributed by atoms with van der Waals surface area (Å²) in [5.74, 6) is 0. The van der Waals surface area contributed by atoms with Crippen LogP contribution in [-0.4, -0.2) is 13.2 Å². The second-order valence-electron chi connectivity index (χ2n) is 2.62. The third kappa shape index (κ3) is 3.21. The van der Waals surface area contributed by atoms with Crippen molar-refractivity contribution in [2.24, 2.45) is 0 Å². The van der Waals surface area contributed by atoms with Crippen LogP contribution in [0.5, 0.6) is 0 Å². The van der Waals surface area contributed by atoms with Gasteiger partial charge in [-0.3, -0.25) is 0 Å². The molecule has 0 bridgehead atoms. The molecule has 14 heavy (non-hydrogen) atoms. The van der Waals surface area contributed by atoms with Crippen molar-refractivity contribution in [3.8, 4) is 0 Å². The van der Waals surface area contributed by atoms with Crippen LogP contribution in [0.15, 0.2) is 29.2 Å². The Labute approximate surface area is 88.0 Å². The second kappa shape index (κ2) is 5.90. The fraction of sp³-hybridized carbons (Fsp3) is 0.400. The lowest BCUT2D eigenvalue weighted by molar-refractivity contribution is 0.285. The fourth-order valence-electron chi connectivity index (χ4n) is 1.00. The Morgan fingerprint density at radius 1 is 1.21 bits per heavy atom. The summed E-state index contributed by atoms with van der Waals surface area (Å²) in [5, 5.41) is 0. The van der Waals surface area contributed by atoms with E-state index < -0.39 is 11.5 Å². The van der Waals surface area contributed by atoms with Gasteiger partial charge in [0, 0.05) is 17.8 Å². The average Bonchev–Trinajstić information content (AvgIpc) is 2.17. The number of nitrogen functional groups attached to an aromatic ring is 1. The van der Waals surface area contributed by atoms with E-state index in [4.69, 9.17) is 14.1 Å². The molecule has 0 heterocycles. The van der Waals surface area contributed by atoms with Gasteiger partial charge < -0.3 is 5.73 Å². The highest BCUT2D eigenvalue weighted by Crippen LogP contribution is 2.18. The van der Waals surface area contributed by atoms with Gasteiger partial charge in [0.25, 0.3) is 0 Å². The summed E-state index contributed by atoms with van der Waals surface area (Å²) < 4.78 is 10.9. The fourth-order valence-corrected chi connectivity index (χ4v) is 2.19. The molecule has 0 spiro atoms. The third-order valence-corrected chi connectivity index (χ3v) is 3.04. The number of hydrogen-bond acceptors (Lipinski definition) is 3. The number of rotatable bonds is 5. The molecule has 3 nitrogen and oxygen atoms in total. The van der Waals surface area contributed by atoms with Gasteiger partial charge >= 0.3 is 11.5 Å². The van der Waals surface area contributed by atoms with Crippen molar-refractivity contribution < 1.29 is 8.37 Å². The van der Waals surface area contributed by atoms with Crippen LogP contribution in [0.3, 0.4) is 0 Å². The molecule has 0 saturated heterocycles. The summed E-state index contributed by atoms with van der Waals surface area (Å²) in [6.45, 7) is 5.17. The molecule has 0 aliphatic heterocycles. The first-order chi connectivity index (χ1) is 6.77. The maximum Gasteiger partial charge on any atom is 0.356 e. The zero-order valence-electron chi connectivity index (χ0n) is 8.53. The summed E-state index contributed by atoms with van der Waals surface area (Å²) in [7, 11) is 0. The lowest BCUT2D eigenvalue weighted by Gasteiger charge is -2.02. The van der Waals surface area contributed by atoms with Crippen molar-refractivity contribution in [1.29, 1.82) is 0 Å². The standard InChI is InChI=1S/C10H16NO2S/c1-3-12-14(13-4-2)10-7-5-6-9(11)8-10/h5-8H,3-4,11H2,1-2H3/q+1. The van der Waals surface area contributed by atoms with Gasteiger partial charge in [0.05, 0.1) is 0 Å². The van der Waals surface area contributed by atoms with Crippen LogP contribution in [0, 0.1) is 0 Å². The molecular weight excluding hydrogens is 198 g/mol. The maximum atomic E-state index is 5.68. The number of hydrogen-bond donors (Lipinski definition) is 1. The van der Waals surface area contributed by atoms with E-state index in [-0.39, 0.29) is 0 Å². The molecule has 1 rings (SSSR count). The van der Waals surface area contributed by atoms with Gasteiger partial charge in [-0.05, 0) is 19.9 Å². The molecule has 0 aliphatic rings. The zero-order chi connectivity index (χ0) is 10.4. The Kier molecular flexibility index (Phi) is 4.79. The van der Waals surface area contributed by atoms with Gasteiger partial charge in [-0.15, -0.1) is 8.37 Å². The Bertz CT molecular complexity index is 275. The normalized spacial score (nSPS) is 10.8. The third-order valence-electron chi connectivity index (χ3n) is 1.50. The van der Waals surface area contributed by atoms with Crippen LogP contribution >= 0.6 is 0 Å². The van der Waals surface area contributed by atoms with E-state index in [0.29, 0.717) is 13.2 Å². The smallest absolute Gasteiger partial charge is 0.356 e. The second-order valence-corrected chi connectivity index (χ2v) is 4.03. The summed E-state index contributed by atoms with van der Waals surface area (Å²) in [4.78, 5) is 0.994. The molecule has 0 saturated carbocycles. The summed E-state index contributed by atoms with van der Waals surface area (Å²) in [6, 6.07) is 7.60. The molecular formula is C10H16NO2S+. The van der Waals surface area contributed by atoms with Crippen molar-refractivity contribution in [2.45, 2.75) is 18.7 Å². The van der Waals surface area contributed by atoms with Gasteiger partial charge in [-0.2, -0.15) is 0 Å². The minimum Gasteiger partial charge on any atom is -0.399 e. The van der Waals surface area contributed by atoms with Gasteiger partial charge in [0.15, 0.2) is 0 Å². The Balaban J connectivity index is 2.75.